The van der Waals surface area contributed by atoms with Crippen LogP contribution >= 0.6 is 0 Å². The summed E-state index contributed by atoms with van der Waals surface area (Å²) in [5.41, 5.74) is 0.545. The molecule has 0 saturated carbocycles. The molecule has 0 aliphatic carbocycles. The highest BCUT2D eigenvalue weighted by atomic mass is 19.2. The van der Waals surface area contributed by atoms with Crippen LogP contribution in [0, 0.1) is 23.5 Å². The van der Waals surface area contributed by atoms with E-state index in [2.05, 4.69) is 18.8 Å². The fourth-order valence-corrected chi connectivity index (χ4v) is 2.09. The minimum Gasteiger partial charge on any atom is -0.204 e. The van der Waals surface area contributed by atoms with Gasteiger partial charge in [0.2, 0.25) is 0 Å². The third-order valence-corrected chi connectivity index (χ3v) is 3.31. The fourth-order valence-electron chi connectivity index (χ4n) is 2.09. The predicted molar refractivity (Wildman–Crippen MR) is 80.5 cm³/mol. The smallest absolute Gasteiger partial charge is 0.160 e. The molecule has 1 aromatic rings. The van der Waals surface area contributed by atoms with Crippen LogP contribution in [0.2, 0.25) is 0 Å². The Bertz CT molecular complexity index is 440. The molecule has 0 fully saturated rings. The number of halogens is 2. The molecule has 0 nitrogen and oxygen atoms in total. The van der Waals surface area contributed by atoms with Gasteiger partial charge in [0.1, 0.15) is 0 Å². The highest BCUT2D eigenvalue weighted by Crippen LogP contribution is 2.10. The molecule has 0 aromatic heterocycles. The Kier molecular flexibility index (Phi) is 8.71. The number of hydrogen-bond acceptors (Lipinski definition) is 0. The summed E-state index contributed by atoms with van der Waals surface area (Å²) in [4.78, 5) is 0. The van der Waals surface area contributed by atoms with Gasteiger partial charge in [-0.25, -0.2) is 8.78 Å². The highest BCUT2D eigenvalue weighted by molar-refractivity contribution is 5.34. The van der Waals surface area contributed by atoms with Gasteiger partial charge in [0.25, 0.3) is 0 Å². The SMILES string of the molecule is CCCCCCCCCCC#Cc1ccc(F)c(F)c1. The highest BCUT2D eigenvalue weighted by Gasteiger charge is 1.99. The second-order valence-corrected chi connectivity index (χ2v) is 5.16. The Morgan fingerprint density at radius 1 is 0.850 bits per heavy atom. The van der Waals surface area contributed by atoms with Gasteiger partial charge in [0.05, 0.1) is 0 Å². The first-order valence-corrected chi connectivity index (χ1v) is 7.68. The van der Waals surface area contributed by atoms with Crippen molar-refractivity contribution in [3.05, 3.63) is 35.4 Å². The van der Waals surface area contributed by atoms with Crippen molar-refractivity contribution in [2.75, 3.05) is 0 Å². The topological polar surface area (TPSA) is 0 Å². The Balaban J connectivity index is 2.09. The summed E-state index contributed by atoms with van der Waals surface area (Å²) in [6, 6.07) is 3.78. The first kappa shape index (κ1) is 16.7. The zero-order valence-electron chi connectivity index (χ0n) is 12.4. The van der Waals surface area contributed by atoms with Gasteiger partial charge in [0.15, 0.2) is 11.6 Å². The van der Waals surface area contributed by atoms with Gasteiger partial charge < -0.3 is 0 Å². The van der Waals surface area contributed by atoms with Gasteiger partial charge in [-0.2, -0.15) is 0 Å². The fraction of sp³-hybridized carbons (Fsp3) is 0.556. The monoisotopic (exact) mass is 278 g/mol. The van der Waals surface area contributed by atoms with Crippen LogP contribution in [0.15, 0.2) is 18.2 Å². The molecule has 1 aromatic carbocycles. The molecule has 0 radical (unpaired) electrons. The lowest BCUT2D eigenvalue weighted by atomic mass is 10.1. The lowest BCUT2D eigenvalue weighted by molar-refractivity contribution is 0.508. The quantitative estimate of drug-likeness (QED) is 0.413. The van der Waals surface area contributed by atoms with Crippen LogP contribution in [0.1, 0.15) is 70.3 Å². The molecule has 0 unspecified atom stereocenters. The van der Waals surface area contributed by atoms with Gasteiger partial charge in [0, 0.05) is 12.0 Å². The summed E-state index contributed by atoms with van der Waals surface area (Å²) in [7, 11) is 0. The normalized spacial score (nSPS) is 10.2. The molecule has 0 heterocycles. The van der Waals surface area contributed by atoms with Crippen molar-refractivity contribution < 1.29 is 8.78 Å². The predicted octanol–water partition coefficient (Wildman–Crippen LogP) is 5.85. The summed E-state index contributed by atoms with van der Waals surface area (Å²) in [6.45, 7) is 2.23. The van der Waals surface area contributed by atoms with Crippen molar-refractivity contribution in [1.29, 1.82) is 0 Å². The van der Waals surface area contributed by atoms with Gasteiger partial charge in [-0.3, -0.25) is 0 Å². The van der Waals surface area contributed by atoms with Crippen molar-refractivity contribution in [1.82, 2.24) is 0 Å². The zero-order valence-corrected chi connectivity index (χ0v) is 12.4. The Hall–Kier alpha value is -1.36. The van der Waals surface area contributed by atoms with E-state index < -0.39 is 11.6 Å². The molecular formula is C18H24F2. The summed E-state index contributed by atoms with van der Waals surface area (Å²) in [5, 5.41) is 0. The number of benzene rings is 1. The first-order chi connectivity index (χ1) is 9.74. The zero-order chi connectivity index (χ0) is 14.6. The molecule has 0 N–H and O–H groups in total. The standard InChI is InChI=1S/C18H24F2/c1-2-3-4-5-6-7-8-9-10-11-12-16-13-14-17(19)18(20)15-16/h13-15H,2-10H2,1H3. The molecule has 1 rings (SSSR count). The summed E-state index contributed by atoms with van der Waals surface area (Å²) in [6.07, 6.45) is 11.0. The maximum atomic E-state index is 12.9. The van der Waals surface area contributed by atoms with Crippen molar-refractivity contribution in [2.45, 2.75) is 64.7 Å². The van der Waals surface area contributed by atoms with Crippen molar-refractivity contribution >= 4 is 0 Å². The summed E-state index contributed by atoms with van der Waals surface area (Å²) < 4.78 is 25.7. The molecule has 0 spiro atoms. The maximum Gasteiger partial charge on any atom is 0.160 e. The van der Waals surface area contributed by atoms with Crippen LogP contribution in [0.25, 0.3) is 0 Å². The molecule has 110 valence electrons. The maximum absolute atomic E-state index is 12.9. The average molecular weight is 278 g/mol. The third kappa shape index (κ3) is 7.28. The van der Waals surface area contributed by atoms with Crippen molar-refractivity contribution in [2.24, 2.45) is 0 Å². The Labute approximate surface area is 121 Å². The van der Waals surface area contributed by atoms with Crippen LogP contribution in [0.4, 0.5) is 8.78 Å². The van der Waals surface area contributed by atoms with E-state index >= 15 is 0 Å². The minimum atomic E-state index is -0.830. The molecule has 0 amide bonds. The van der Waals surface area contributed by atoms with E-state index in [1.54, 1.807) is 0 Å². The summed E-state index contributed by atoms with van der Waals surface area (Å²) in [5.74, 6) is 4.24. The van der Waals surface area contributed by atoms with E-state index in [1.165, 1.54) is 51.0 Å². The van der Waals surface area contributed by atoms with E-state index in [-0.39, 0.29) is 0 Å². The molecule has 0 aliphatic heterocycles. The van der Waals surface area contributed by atoms with Crippen LogP contribution in [0.3, 0.4) is 0 Å². The van der Waals surface area contributed by atoms with Crippen LogP contribution in [-0.2, 0) is 0 Å². The number of unbranched alkanes of at least 4 members (excludes halogenated alkanes) is 8. The molecule has 0 atom stereocenters. The molecule has 20 heavy (non-hydrogen) atoms. The van der Waals surface area contributed by atoms with Gasteiger partial charge in [-0.15, -0.1) is 0 Å². The van der Waals surface area contributed by atoms with Crippen LogP contribution in [-0.4, -0.2) is 0 Å². The van der Waals surface area contributed by atoms with E-state index in [0.29, 0.717) is 5.56 Å². The van der Waals surface area contributed by atoms with E-state index in [1.807, 2.05) is 0 Å². The van der Waals surface area contributed by atoms with E-state index in [4.69, 9.17) is 0 Å². The van der Waals surface area contributed by atoms with E-state index in [9.17, 15) is 8.78 Å². The molecule has 0 bridgehead atoms. The third-order valence-electron chi connectivity index (χ3n) is 3.31. The van der Waals surface area contributed by atoms with Gasteiger partial charge in [-0.1, -0.05) is 63.7 Å². The summed E-state index contributed by atoms with van der Waals surface area (Å²) >= 11 is 0. The number of rotatable bonds is 8. The molecule has 0 saturated heterocycles. The molecular weight excluding hydrogens is 254 g/mol. The van der Waals surface area contributed by atoms with Gasteiger partial charge >= 0.3 is 0 Å². The minimum absolute atomic E-state index is 0.545. The van der Waals surface area contributed by atoms with Gasteiger partial charge in [-0.05, 0) is 24.6 Å². The lowest BCUT2D eigenvalue weighted by Crippen LogP contribution is -1.84. The molecule has 0 aliphatic rings. The van der Waals surface area contributed by atoms with Crippen molar-refractivity contribution in [3.8, 4) is 11.8 Å². The second kappa shape index (κ2) is 10.4. The molecule has 2 heteroatoms. The lowest BCUT2D eigenvalue weighted by Gasteiger charge is -1.99. The van der Waals surface area contributed by atoms with Crippen molar-refractivity contribution in [3.63, 3.8) is 0 Å². The van der Waals surface area contributed by atoms with Crippen LogP contribution < -0.4 is 0 Å². The Morgan fingerprint density at radius 3 is 2.15 bits per heavy atom. The largest absolute Gasteiger partial charge is 0.204 e. The first-order valence-electron chi connectivity index (χ1n) is 7.68. The Morgan fingerprint density at radius 2 is 1.50 bits per heavy atom. The number of hydrogen-bond donors (Lipinski definition) is 0. The van der Waals surface area contributed by atoms with Crippen LogP contribution in [0.5, 0.6) is 0 Å². The average Bonchev–Trinajstić information content (AvgIpc) is 2.45. The van der Waals surface area contributed by atoms with E-state index in [0.717, 1.165) is 25.0 Å². The second-order valence-electron chi connectivity index (χ2n) is 5.16.